The minimum atomic E-state index is -0.771. The Balaban J connectivity index is 3.90. The van der Waals surface area contributed by atoms with Gasteiger partial charge in [-0.2, -0.15) is 0 Å². The van der Waals surface area contributed by atoms with E-state index in [1.165, 1.54) is 0 Å². The second-order valence-corrected chi connectivity index (χ2v) is 5.11. The quantitative estimate of drug-likeness (QED) is 0.702. The molecule has 0 aromatic carbocycles. The highest BCUT2D eigenvalue weighted by molar-refractivity contribution is 5.67. The second kappa shape index (κ2) is 8.78. The number of carbonyl (C=O) groups is 2. The minimum absolute atomic E-state index is 0.127. The Morgan fingerprint density at radius 3 is 2.22 bits per heavy atom. The number of ether oxygens (including phenoxy) is 1. The molecule has 5 heteroatoms. The van der Waals surface area contributed by atoms with Crippen LogP contribution in [0.25, 0.3) is 0 Å². The van der Waals surface area contributed by atoms with Gasteiger partial charge in [-0.1, -0.05) is 13.8 Å². The van der Waals surface area contributed by atoms with E-state index in [1.807, 2.05) is 0 Å². The number of carboxylic acids is 1. The first-order chi connectivity index (χ1) is 8.32. The molecule has 0 aromatic rings. The summed E-state index contributed by atoms with van der Waals surface area (Å²) in [7, 11) is 0. The van der Waals surface area contributed by atoms with Crippen molar-refractivity contribution in [2.45, 2.75) is 53.1 Å². The summed E-state index contributed by atoms with van der Waals surface area (Å²) in [5.74, 6) is -0.0551. The highest BCUT2D eigenvalue weighted by atomic mass is 16.6. The van der Waals surface area contributed by atoms with E-state index >= 15 is 0 Å². The zero-order valence-electron chi connectivity index (χ0n) is 11.7. The Bertz CT molecular complexity index is 264. The molecule has 18 heavy (non-hydrogen) atoms. The van der Waals surface area contributed by atoms with Crippen molar-refractivity contribution in [1.29, 1.82) is 0 Å². The molecule has 0 saturated carbocycles. The fourth-order valence-electron chi connectivity index (χ4n) is 1.74. The summed E-state index contributed by atoms with van der Waals surface area (Å²) in [6.07, 6.45) is 1.06. The van der Waals surface area contributed by atoms with Gasteiger partial charge in [0, 0.05) is 13.0 Å². The Labute approximate surface area is 109 Å². The van der Waals surface area contributed by atoms with Crippen molar-refractivity contribution in [3.8, 4) is 0 Å². The molecule has 0 fully saturated rings. The van der Waals surface area contributed by atoms with Gasteiger partial charge in [0.05, 0.1) is 6.10 Å². The number of carboxylic acid groups (broad SMARTS) is 1. The van der Waals surface area contributed by atoms with E-state index in [9.17, 15) is 9.59 Å². The van der Waals surface area contributed by atoms with Gasteiger partial charge >= 0.3 is 12.1 Å². The standard InChI is InChI=1S/C13H25NO4/c1-9(2)11(5-6-12(15)16)7-8-14-13(17)18-10(3)4/h9-11H,5-8H2,1-4H3,(H,14,17)(H,15,16). The van der Waals surface area contributed by atoms with Crippen LogP contribution in [-0.4, -0.2) is 29.8 Å². The third-order valence-corrected chi connectivity index (χ3v) is 2.80. The lowest BCUT2D eigenvalue weighted by molar-refractivity contribution is -0.137. The molecule has 2 N–H and O–H groups in total. The number of hydrogen-bond acceptors (Lipinski definition) is 3. The van der Waals surface area contributed by atoms with Gasteiger partial charge in [-0.25, -0.2) is 4.79 Å². The van der Waals surface area contributed by atoms with Gasteiger partial charge < -0.3 is 15.2 Å². The predicted molar refractivity (Wildman–Crippen MR) is 69.4 cm³/mol. The van der Waals surface area contributed by atoms with Crippen LogP contribution < -0.4 is 5.32 Å². The van der Waals surface area contributed by atoms with Crippen molar-refractivity contribution < 1.29 is 19.4 Å². The Morgan fingerprint density at radius 2 is 1.78 bits per heavy atom. The molecule has 0 aliphatic heterocycles. The van der Waals surface area contributed by atoms with E-state index < -0.39 is 12.1 Å². The number of rotatable bonds is 8. The number of alkyl carbamates (subject to hydrolysis) is 1. The molecule has 0 heterocycles. The maximum absolute atomic E-state index is 11.2. The second-order valence-electron chi connectivity index (χ2n) is 5.11. The fraction of sp³-hybridized carbons (Fsp3) is 0.846. The summed E-state index contributed by atoms with van der Waals surface area (Å²) < 4.78 is 4.95. The SMILES string of the molecule is CC(C)OC(=O)NCCC(CCC(=O)O)C(C)C. The molecule has 0 radical (unpaired) electrons. The highest BCUT2D eigenvalue weighted by Gasteiger charge is 2.15. The maximum atomic E-state index is 11.2. The number of nitrogens with one attached hydrogen (secondary N) is 1. The van der Waals surface area contributed by atoms with Crippen molar-refractivity contribution in [1.82, 2.24) is 5.32 Å². The fourth-order valence-corrected chi connectivity index (χ4v) is 1.74. The maximum Gasteiger partial charge on any atom is 0.407 e. The number of amides is 1. The van der Waals surface area contributed by atoms with Crippen LogP contribution >= 0.6 is 0 Å². The van der Waals surface area contributed by atoms with E-state index in [1.54, 1.807) is 13.8 Å². The van der Waals surface area contributed by atoms with Crippen LogP contribution in [-0.2, 0) is 9.53 Å². The average molecular weight is 259 g/mol. The summed E-state index contributed by atoms with van der Waals surface area (Å²) in [5, 5.41) is 11.3. The molecule has 0 aliphatic rings. The summed E-state index contributed by atoms with van der Waals surface area (Å²) in [4.78, 5) is 21.8. The number of hydrogen-bond donors (Lipinski definition) is 2. The Hall–Kier alpha value is -1.26. The van der Waals surface area contributed by atoms with Crippen LogP contribution in [0.3, 0.4) is 0 Å². The summed E-state index contributed by atoms with van der Waals surface area (Å²) >= 11 is 0. The summed E-state index contributed by atoms with van der Waals surface area (Å²) in [6.45, 7) is 8.25. The highest BCUT2D eigenvalue weighted by Crippen LogP contribution is 2.20. The van der Waals surface area contributed by atoms with Gasteiger partial charge in [-0.05, 0) is 38.5 Å². The van der Waals surface area contributed by atoms with Crippen LogP contribution in [0.15, 0.2) is 0 Å². The first-order valence-electron chi connectivity index (χ1n) is 6.49. The topological polar surface area (TPSA) is 75.6 Å². The molecule has 0 saturated heterocycles. The third-order valence-electron chi connectivity index (χ3n) is 2.80. The largest absolute Gasteiger partial charge is 0.481 e. The normalized spacial score (nSPS) is 12.6. The molecule has 0 bridgehead atoms. The van der Waals surface area contributed by atoms with Crippen molar-refractivity contribution in [3.63, 3.8) is 0 Å². The molecule has 0 rings (SSSR count). The van der Waals surface area contributed by atoms with Crippen molar-refractivity contribution in [3.05, 3.63) is 0 Å². The first kappa shape index (κ1) is 16.7. The molecule has 0 aliphatic carbocycles. The van der Waals surface area contributed by atoms with E-state index in [4.69, 9.17) is 9.84 Å². The van der Waals surface area contributed by atoms with Crippen LogP contribution in [0, 0.1) is 11.8 Å². The summed E-state index contributed by atoms with van der Waals surface area (Å²) in [5.41, 5.74) is 0. The molecule has 1 amide bonds. The van der Waals surface area contributed by atoms with Crippen LogP contribution in [0.2, 0.25) is 0 Å². The molecular weight excluding hydrogens is 234 g/mol. The smallest absolute Gasteiger partial charge is 0.407 e. The first-order valence-corrected chi connectivity index (χ1v) is 6.49. The molecule has 1 atom stereocenters. The zero-order valence-corrected chi connectivity index (χ0v) is 11.7. The van der Waals surface area contributed by atoms with E-state index in [0.717, 1.165) is 6.42 Å². The number of aliphatic carboxylic acids is 1. The third kappa shape index (κ3) is 8.84. The lowest BCUT2D eigenvalue weighted by Gasteiger charge is -2.20. The molecular formula is C13H25NO4. The Morgan fingerprint density at radius 1 is 1.17 bits per heavy atom. The van der Waals surface area contributed by atoms with Gasteiger partial charge in [-0.3, -0.25) is 4.79 Å². The van der Waals surface area contributed by atoms with Crippen molar-refractivity contribution >= 4 is 12.1 Å². The predicted octanol–water partition coefficient (Wildman–Crippen LogP) is 2.65. The summed E-state index contributed by atoms with van der Waals surface area (Å²) in [6, 6.07) is 0. The van der Waals surface area contributed by atoms with Crippen LogP contribution in [0.5, 0.6) is 0 Å². The van der Waals surface area contributed by atoms with Gasteiger partial charge in [0.25, 0.3) is 0 Å². The van der Waals surface area contributed by atoms with E-state index in [-0.39, 0.29) is 12.5 Å². The van der Waals surface area contributed by atoms with E-state index in [0.29, 0.717) is 24.8 Å². The van der Waals surface area contributed by atoms with Gasteiger partial charge in [-0.15, -0.1) is 0 Å². The number of carbonyl (C=O) groups excluding carboxylic acids is 1. The van der Waals surface area contributed by atoms with Gasteiger partial charge in [0.1, 0.15) is 0 Å². The monoisotopic (exact) mass is 259 g/mol. The molecule has 106 valence electrons. The molecule has 0 spiro atoms. The van der Waals surface area contributed by atoms with E-state index in [2.05, 4.69) is 19.2 Å². The van der Waals surface area contributed by atoms with Crippen LogP contribution in [0.1, 0.15) is 47.0 Å². The van der Waals surface area contributed by atoms with Gasteiger partial charge in [0.15, 0.2) is 0 Å². The van der Waals surface area contributed by atoms with Crippen molar-refractivity contribution in [2.24, 2.45) is 11.8 Å². The average Bonchev–Trinajstić information content (AvgIpc) is 2.20. The van der Waals surface area contributed by atoms with Gasteiger partial charge in [0.2, 0.25) is 0 Å². The lowest BCUT2D eigenvalue weighted by atomic mass is 9.88. The zero-order chi connectivity index (χ0) is 14.1. The van der Waals surface area contributed by atoms with Crippen LogP contribution in [0.4, 0.5) is 4.79 Å². The Kier molecular flexibility index (Phi) is 8.16. The molecule has 1 unspecified atom stereocenters. The molecule has 5 nitrogen and oxygen atoms in total. The van der Waals surface area contributed by atoms with Crippen molar-refractivity contribution in [2.75, 3.05) is 6.54 Å². The minimum Gasteiger partial charge on any atom is -0.481 e. The molecule has 0 aromatic heterocycles. The lowest BCUT2D eigenvalue weighted by Crippen LogP contribution is -2.29.